The Kier molecular flexibility index (Phi) is 8.17. The molecule has 3 rings (SSSR count). The summed E-state index contributed by atoms with van der Waals surface area (Å²) in [5, 5.41) is 1.27. The summed E-state index contributed by atoms with van der Waals surface area (Å²) >= 11 is 0. The molecule has 1 aromatic rings. The lowest BCUT2D eigenvalue weighted by Crippen LogP contribution is -3.00. The number of hydrogen-bond donors (Lipinski definition) is 0. The van der Waals surface area contributed by atoms with Crippen molar-refractivity contribution in [1.29, 1.82) is 0 Å². The first kappa shape index (κ1) is 21.1. The predicted molar refractivity (Wildman–Crippen MR) is 96.8 cm³/mol. The van der Waals surface area contributed by atoms with Gasteiger partial charge in [-0.1, -0.05) is 0 Å². The van der Waals surface area contributed by atoms with Gasteiger partial charge in [0.05, 0.1) is 73.5 Å². The van der Waals surface area contributed by atoms with Crippen molar-refractivity contribution in [2.45, 2.75) is 0 Å². The number of morpholine rings is 2. The molecule has 0 atom stereocenters. The maximum Gasteiger partial charge on any atom is 0.187 e. The topological polar surface area (TPSA) is 43.4 Å². The van der Waals surface area contributed by atoms with E-state index in [4.69, 9.17) is 18.9 Å². The first-order valence-corrected chi connectivity index (χ1v) is 10.6. The lowest BCUT2D eigenvalue weighted by Gasteiger charge is -2.43. The van der Waals surface area contributed by atoms with E-state index in [0.717, 1.165) is 64.1 Å². The van der Waals surface area contributed by atoms with Crippen LogP contribution in [-0.4, -0.2) is 82.8 Å². The second-order valence-corrected chi connectivity index (χ2v) is 9.52. The van der Waals surface area contributed by atoms with Crippen LogP contribution in [-0.2, 0) is 9.47 Å². The van der Waals surface area contributed by atoms with Crippen LogP contribution >= 0.6 is 7.56 Å². The molecule has 2 saturated heterocycles. The maximum atomic E-state index is 5.75. The number of halogens is 1. The van der Waals surface area contributed by atoms with E-state index in [1.54, 1.807) is 14.2 Å². The zero-order chi connectivity index (χ0) is 17.0. The van der Waals surface area contributed by atoms with Crippen molar-refractivity contribution >= 4 is 12.9 Å². The Bertz CT molecular complexity index is 533. The summed E-state index contributed by atoms with van der Waals surface area (Å²) in [5.41, 5.74) is 0. The molecule has 25 heavy (non-hydrogen) atoms. The highest BCUT2D eigenvalue weighted by molar-refractivity contribution is 7.78. The molecule has 0 aromatic heterocycles. The van der Waals surface area contributed by atoms with Crippen molar-refractivity contribution in [2.24, 2.45) is 0 Å². The van der Waals surface area contributed by atoms with E-state index >= 15 is 0 Å². The van der Waals surface area contributed by atoms with Crippen molar-refractivity contribution in [1.82, 2.24) is 9.34 Å². The van der Waals surface area contributed by atoms with Crippen LogP contribution in [0.25, 0.3) is 0 Å². The lowest BCUT2D eigenvalue weighted by atomic mass is 10.3. The van der Waals surface area contributed by atoms with Crippen LogP contribution in [0.3, 0.4) is 0 Å². The molecule has 0 radical (unpaired) electrons. The predicted octanol–water partition coefficient (Wildman–Crippen LogP) is -1.53. The summed E-state index contributed by atoms with van der Waals surface area (Å²) in [6, 6.07) is 6.21. The Morgan fingerprint density at radius 3 is 1.84 bits per heavy atom. The van der Waals surface area contributed by atoms with E-state index in [1.807, 2.05) is 12.1 Å². The van der Waals surface area contributed by atoms with Gasteiger partial charge in [0, 0.05) is 6.07 Å². The molecule has 0 saturated carbocycles. The van der Waals surface area contributed by atoms with Crippen LogP contribution in [0.2, 0.25) is 0 Å². The largest absolute Gasteiger partial charge is 1.00 e. The molecule has 142 valence electrons. The quantitative estimate of drug-likeness (QED) is 0.375. The molecular formula is C17H28IN2O4P. The molecule has 6 nitrogen and oxygen atoms in total. The number of benzene rings is 1. The molecule has 0 spiro atoms. The van der Waals surface area contributed by atoms with Crippen LogP contribution in [0.5, 0.6) is 11.5 Å². The Balaban J connectivity index is 0.00000225. The van der Waals surface area contributed by atoms with Crippen molar-refractivity contribution in [2.75, 3.05) is 73.5 Å². The summed E-state index contributed by atoms with van der Waals surface area (Å²) in [4.78, 5) is 0. The van der Waals surface area contributed by atoms with Gasteiger partial charge >= 0.3 is 0 Å². The average Bonchev–Trinajstić information content (AvgIpc) is 2.68. The molecule has 2 aliphatic rings. The normalized spacial score (nSPS) is 20.0. The minimum atomic E-state index is -1.73. The number of ether oxygens (including phenoxy) is 4. The van der Waals surface area contributed by atoms with Crippen LogP contribution in [0.4, 0.5) is 0 Å². The fourth-order valence-corrected chi connectivity index (χ4v) is 7.29. The SMILES string of the molecule is COc1ccc([P+](C)(N2CCOCC2)N2CCOCC2)c(OC)c1.[I-]. The molecule has 0 aliphatic carbocycles. The zero-order valence-electron chi connectivity index (χ0n) is 15.2. The average molecular weight is 482 g/mol. The van der Waals surface area contributed by atoms with Crippen LogP contribution < -0.4 is 38.8 Å². The van der Waals surface area contributed by atoms with Crippen molar-refractivity contribution in [3.05, 3.63) is 18.2 Å². The fourth-order valence-electron chi connectivity index (χ4n) is 3.50. The van der Waals surface area contributed by atoms with Gasteiger partial charge in [-0.05, 0) is 12.1 Å². The van der Waals surface area contributed by atoms with Crippen molar-refractivity contribution < 1.29 is 42.9 Å². The molecular weight excluding hydrogens is 454 g/mol. The van der Waals surface area contributed by atoms with Gasteiger partial charge in [0.25, 0.3) is 0 Å². The van der Waals surface area contributed by atoms with Crippen LogP contribution in [0.15, 0.2) is 18.2 Å². The molecule has 0 unspecified atom stereocenters. The van der Waals surface area contributed by atoms with Crippen LogP contribution in [0.1, 0.15) is 0 Å². The van der Waals surface area contributed by atoms with Gasteiger partial charge in [-0.25, -0.2) is 0 Å². The Morgan fingerprint density at radius 2 is 1.40 bits per heavy atom. The highest BCUT2D eigenvalue weighted by Crippen LogP contribution is 2.62. The molecule has 1 aromatic carbocycles. The van der Waals surface area contributed by atoms with Gasteiger partial charge in [0.1, 0.15) is 5.75 Å². The maximum absolute atomic E-state index is 5.75. The van der Waals surface area contributed by atoms with E-state index in [-0.39, 0.29) is 24.0 Å². The number of methoxy groups -OCH3 is 2. The number of nitrogens with zero attached hydrogens (tertiary/aromatic N) is 2. The lowest BCUT2D eigenvalue weighted by molar-refractivity contribution is -0.00000712. The van der Waals surface area contributed by atoms with E-state index in [0.29, 0.717) is 0 Å². The van der Waals surface area contributed by atoms with Crippen molar-refractivity contribution in [3.8, 4) is 11.5 Å². The van der Waals surface area contributed by atoms with Gasteiger partial charge in [-0.2, -0.15) is 9.34 Å². The molecule has 2 aliphatic heterocycles. The van der Waals surface area contributed by atoms with Crippen LogP contribution in [0, 0.1) is 0 Å². The fraction of sp³-hybridized carbons (Fsp3) is 0.647. The van der Waals surface area contributed by atoms with E-state index in [9.17, 15) is 0 Å². The smallest absolute Gasteiger partial charge is 0.187 e. The second kappa shape index (κ2) is 9.67. The van der Waals surface area contributed by atoms with Gasteiger partial charge in [0.15, 0.2) is 18.6 Å². The summed E-state index contributed by atoms with van der Waals surface area (Å²) in [7, 11) is 1.69. The highest BCUT2D eigenvalue weighted by atomic mass is 127. The summed E-state index contributed by atoms with van der Waals surface area (Å²) in [6.45, 7) is 9.38. The third kappa shape index (κ3) is 4.39. The first-order valence-electron chi connectivity index (χ1n) is 8.45. The first-order chi connectivity index (χ1) is 11.7. The minimum absolute atomic E-state index is 0. The van der Waals surface area contributed by atoms with E-state index in [1.165, 1.54) is 5.30 Å². The number of rotatable bonds is 5. The molecule has 0 amide bonds. The Labute approximate surface area is 168 Å². The summed E-state index contributed by atoms with van der Waals surface area (Å²) in [5.74, 6) is 1.73. The third-order valence-corrected chi connectivity index (χ3v) is 9.20. The highest BCUT2D eigenvalue weighted by Gasteiger charge is 2.51. The van der Waals surface area contributed by atoms with E-state index in [2.05, 4.69) is 22.1 Å². The van der Waals surface area contributed by atoms with E-state index < -0.39 is 7.56 Å². The molecule has 8 heteroatoms. The summed E-state index contributed by atoms with van der Waals surface area (Å²) < 4.78 is 27.5. The van der Waals surface area contributed by atoms with Gasteiger partial charge in [0.2, 0.25) is 0 Å². The standard InChI is InChI=1S/C17H28N2O4P.HI/c1-20-15-4-5-17(16(14-15)21-2)24(3,18-6-10-22-11-7-18)19-8-12-23-13-9-19;/h4-5,14H,6-13H2,1-3H3;1H/q+1;/p-1. The number of hydrogen-bond acceptors (Lipinski definition) is 6. The second-order valence-electron chi connectivity index (χ2n) is 6.08. The molecule has 2 fully saturated rings. The Hall–Kier alpha value is -0.180. The zero-order valence-corrected chi connectivity index (χ0v) is 18.3. The Morgan fingerprint density at radius 1 is 0.880 bits per heavy atom. The molecule has 0 bridgehead atoms. The van der Waals surface area contributed by atoms with Crippen molar-refractivity contribution in [3.63, 3.8) is 0 Å². The molecule has 2 heterocycles. The summed E-state index contributed by atoms with van der Waals surface area (Å²) in [6.07, 6.45) is 0. The van der Waals surface area contributed by atoms with Gasteiger partial charge in [-0.3, -0.25) is 0 Å². The minimum Gasteiger partial charge on any atom is -1.00 e. The monoisotopic (exact) mass is 482 g/mol. The molecule has 0 N–H and O–H groups in total. The van der Waals surface area contributed by atoms with Gasteiger partial charge < -0.3 is 42.9 Å². The third-order valence-electron chi connectivity index (χ3n) is 4.92. The van der Waals surface area contributed by atoms with Gasteiger partial charge in [-0.15, -0.1) is 0 Å².